The van der Waals surface area contributed by atoms with E-state index in [9.17, 15) is 4.79 Å². The number of hydrogen-bond donors (Lipinski definition) is 2. The number of halogens is 2. The molecule has 2 N–H and O–H groups in total. The van der Waals surface area contributed by atoms with Gasteiger partial charge in [0.05, 0.1) is 6.54 Å². The van der Waals surface area contributed by atoms with Crippen molar-refractivity contribution in [2.75, 3.05) is 18.4 Å². The fourth-order valence-corrected chi connectivity index (χ4v) is 3.02. The number of benzene rings is 1. The molecule has 2 heterocycles. The molecule has 1 aromatic carbocycles. The molecule has 116 valence electrons. The normalized spacial score (nSPS) is 13.0. The first-order chi connectivity index (χ1) is 10.2. The second-order valence-corrected chi connectivity index (χ2v) is 6.03. The Morgan fingerprint density at radius 2 is 2.23 bits per heavy atom. The van der Waals surface area contributed by atoms with Crippen molar-refractivity contribution in [1.29, 1.82) is 0 Å². The van der Waals surface area contributed by atoms with Crippen LogP contribution >= 0.6 is 35.3 Å². The third-order valence-electron chi connectivity index (χ3n) is 2.99. The van der Waals surface area contributed by atoms with Gasteiger partial charge in [-0.3, -0.25) is 15.1 Å². The van der Waals surface area contributed by atoms with E-state index in [4.69, 9.17) is 11.6 Å². The van der Waals surface area contributed by atoms with Crippen LogP contribution < -0.4 is 10.6 Å². The summed E-state index contributed by atoms with van der Waals surface area (Å²) in [6, 6.07) is 7.70. The van der Waals surface area contributed by atoms with Crippen molar-refractivity contribution in [3.8, 4) is 0 Å². The van der Waals surface area contributed by atoms with Gasteiger partial charge in [-0.15, -0.1) is 23.7 Å². The number of thiazole rings is 1. The topological polar surface area (TPSA) is 66.4 Å². The monoisotopic (exact) mass is 356 g/mol. The summed E-state index contributed by atoms with van der Waals surface area (Å²) in [6.45, 7) is 1.34. The number of carbonyl (C=O) groups is 1. The molecule has 1 aromatic heterocycles. The van der Waals surface area contributed by atoms with Gasteiger partial charge in [-0.05, 0) is 11.6 Å². The highest BCUT2D eigenvalue weighted by molar-refractivity contribution is 7.15. The Morgan fingerprint density at radius 1 is 1.41 bits per heavy atom. The maximum atomic E-state index is 11.9. The van der Waals surface area contributed by atoms with Gasteiger partial charge in [-0.25, -0.2) is 4.98 Å². The summed E-state index contributed by atoms with van der Waals surface area (Å²) < 4.78 is 0. The zero-order valence-corrected chi connectivity index (χ0v) is 13.9. The van der Waals surface area contributed by atoms with Crippen molar-refractivity contribution < 1.29 is 4.79 Å². The van der Waals surface area contributed by atoms with Crippen molar-refractivity contribution in [2.24, 2.45) is 4.99 Å². The average Bonchev–Trinajstić information content (AvgIpc) is 3.13. The van der Waals surface area contributed by atoms with Gasteiger partial charge < -0.3 is 5.32 Å². The third kappa shape index (κ3) is 3.97. The lowest BCUT2D eigenvalue weighted by Crippen LogP contribution is -2.32. The molecule has 8 heteroatoms. The van der Waals surface area contributed by atoms with Crippen LogP contribution in [0.2, 0.25) is 5.02 Å². The van der Waals surface area contributed by atoms with Gasteiger partial charge >= 0.3 is 0 Å². The first-order valence-electron chi connectivity index (χ1n) is 6.50. The molecular weight excluding hydrogens is 343 g/mol. The van der Waals surface area contributed by atoms with Gasteiger partial charge in [-0.2, -0.15) is 0 Å². The number of amides is 1. The Morgan fingerprint density at radius 3 is 2.95 bits per heavy atom. The molecule has 0 bridgehead atoms. The van der Waals surface area contributed by atoms with E-state index in [-0.39, 0.29) is 18.3 Å². The molecule has 0 fully saturated rings. The summed E-state index contributed by atoms with van der Waals surface area (Å²) in [6.07, 6.45) is 2.46. The molecule has 0 radical (unpaired) electrons. The van der Waals surface area contributed by atoms with Crippen molar-refractivity contribution >= 4 is 52.2 Å². The minimum absolute atomic E-state index is 0. The highest BCUT2D eigenvalue weighted by Gasteiger charge is 2.16. The molecule has 5 nitrogen and oxygen atoms in total. The van der Waals surface area contributed by atoms with Gasteiger partial charge in [0.2, 0.25) is 0 Å². The molecule has 1 aliphatic rings. The number of nitrogens with one attached hydrogen (secondary N) is 2. The largest absolute Gasteiger partial charge is 0.364 e. The first kappa shape index (κ1) is 16.7. The Hall–Kier alpha value is -1.63. The summed E-state index contributed by atoms with van der Waals surface area (Å²) >= 11 is 7.58. The van der Waals surface area contributed by atoms with Crippen LogP contribution in [0.1, 0.15) is 10.4 Å². The number of hydrogen-bond acceptors (Lipinski definition) is 5. The van der Waals surface area contributed by atoms with Gasteiger partial charge in [0.25, 0.3) is 5.91 Å². The predicted octanol–water partition coefficient (Wildman–Crippen LogP) is 2.75. The lowest BCUT2D eigenvalue weighted by atomic mass is 10.1. The molecule has 22 heavy (non-hydrogen) atoms. The molecule has 2 aromatic rings. The van der Waals surface area contributed by atoms with Crippen molar-refractivity contribution in [2.45, 2.75) is 6.42 Å². The Labute approximate surface area is 143 Å². The number of amidine groups is 1. The molecule has 0 aliphatic carbocycles. The SMILES string of the molecule is Cl.O=C(Nc1ncc(Cc2ccccc2Cl)s1)C1=NCCN1. The fraction of sp³-hybridized carbons (Fsp3) is 0.214. The number of nitrogens with zero attached hydrogens (tertiary/aromatic N) is 2. The van der Waals surface area contributed by atoms with Gasteiger partial charge in [0, 0.05) is 29.1 Å². The summed E-state index contributed by atoms with van der Waals surface area (Å²) in [4.78, 5) is 21.2. The van der Waals surface area contributed by atoms with Crippen LogP contribution in [0, 0.1) is 0 Å². The van der Waals surface area contributed by atoms with Gasteiger partial charge in [-0.1, -0.05) is 29.8 Å². The van der Waals surface area contributed by atoms with Crippen LogP contribution in [-0.2, 0) is 11.2 Å². The summed E-state index contributed by atoms with van der Waals surface area (Å²) in [5.74, 6) is 0.129. The molecule has 0 saturated carbocycles. The van der Waals surface area contributed by atoms with Crippen LogP contribution in [0.5, 0.6) is 0 Å². The average molecular weight is 357 g/mol. The minimum atomic E-state index is -0.244. The van der Waals surface area contributed by atoms with E-state index in [0.29, 0.717) is 30.5 Å². The number of aliphatic imine (C=N–C) groups is 1. The molecule has 3 rings (SSSR count). The van der Waals surface area contributed by atoms with E-state index in [1.165, 1.54) is 11.3 Å². The predicted molar refractivity (Wildman–Crippen MR) is 92.6 cm³/mol. The minimum Gasteiger partial charge on any atom is -0.364 e. The van der Waals surface area contributed by atoms with Crippen LogP contribution in [0.25, 0.3) is 0 Å². The van der Waals surface area contributed by atoms with Crippen LogP contribution in [0.4, 0.5) is 5.13 Å². The number of rotatable bonds is 4. The zero-order chi connectivity index (χ0) is 14.7. The summed E-state index contributed by atoms with van der Waals surface area (Å²) in [7, 11) is 0. The van der Waals surface area contributed by atoms with Gasteiger partial charge in [0.1, 0.15) is 0 Å². The smallest absolute Gasteiger partial charge is 0.292 e. The number of aromatic nitrogens is 1. The Kier molecular flexibility index (Phi) is 5.76. The molecule has 0 spiro atoms. The van der Waals surface area contributed by atoms with Crippen molar-refractivity contribution in [3.63, 3.8) is 0 Å². The molecule has 1 aliphatic heterocycles. The number of anilines is 1. The lowest BCUT2D eigenvalue weighted by Gasteiger charge is -2.02. The Bertz CT molecular complexity index is 702. The molecule has 0 atom stereocenters. The molecule has 1 amide bonds. The quantitative estimate of drug-likeness (QED) is 0.884. The van der Waals surface area contributed by atoms with Crippen molar-refractivity contribution in [1.82, 2.24) is 10.3 Å². The number of carbonyl (C=O) groups excluding carboxylic acids is 1. The van der Waals surface area contributed by atoms with Crippen LogP contribution in [0.15, 0.2) is 35.5 Å². The highest BCUT2D eigenvalue weighted by atomic mass is 35.5. The summed E-state index contributed by atoms with van der Waals surface area (Å²) in [5, 5.41) is 6.98. The van der Waals surface area contributed by atoms with Gasteiger partial charge in [0.15, 0.2) is 11.0 Å². The molecular formula is C14H14Cl2N4OS. The molecule has 0 saturated heterocycles. The van der Waals surface area contributed by atoms with E-state index < -0.39 is 0 Å². The van der Waals surface area contributed by atoms with Crippen molar-refractivity contribution in [3.05, 3.63) is 45.9 Å². The van der Waals surface area contributed by atoms with E-state index in [2.05, 4.69) is 20.6 Å². The van der Waals surface area contributed by atoms with Crippen LogP contribution in [-0.4, -0.2) is 29.8 Å². The van der Waals surface area contributed by atoms with E-state index in [1.807, 2.05) is 24.3 Å². The maximum absolute atomic E-state index is 11.9. The fourth-order valence-electron chi connectivity index (χ4n) is 1.98. The Balaban J connectivity index is 0.00000176. The standard InChI is InChI=1S/C14H13ClN4OS.ClH/c15-11-4-2-1-3-9(11)7-10-8-18-14(21-10)19-13(20)12-16-5-6-17-12;/h1-4,8H,5-7H2,(H,16,17)(H,18,19,20);1H. The lowest BCUT2D eigenvalue weighted by molar-refractivity contribution is -0.110. The zero-order valence-electron chi connectivity index (χ0n) is 11.5. The molecule has 0 unspecified atom stereocenters. The third-order valence-corrected chi connectivity index (χ3v) is 4.27. The second-order valence-electron chi connectivity index (χ2n) is 4.51. The summed E-state index contributed by atoms with van der Waals surface area (Å²) in [5.41, 5.74) is 1.04. The van der Waals surface area contributed by atoms with E-state index >= 15 is 0 Å². The highest BCUT2D eigenvalue weighted by Crippen LogP contribution is 2.24. The first-order valence-corrected chi connectivity index (χ1v) is 7.69. The maximum Gasteiger partial charge on any atom is 0.292 e. The van der Waals surface area contributed by atoms with Crippen LogP contribution in [0.3, 0.4) is 0 Å². The van der Waals surface area contributed by atoms with E-state index in [1.54, 1.807) is 6.20 Å². The van der Waals surface area contributed by atoms with E-state index in [0.717, 1.165) is 15.5 Å². The second kappa shape index (κ2) is 7.58.